The van der Waals surface area contributed by atoms with Crippen LogP contribution in [0.25, 0.3) is 10.9 Å². The van der Waals surface area contributed by atoms with Crippen molar-refractivity contribution in [2.45, 2.75) is 31.7 Å². The van der Waals surface area contributed by atoms with Gasteiger partial charge in [0.05, 0.1) is 17.4 Å². The molecule has 0 amide bonds. The molecule has 1 aliphatic carbocycles. The van der Waals surface area contributed by atoms with E-state index in [0.29, 0.717) is 6.04 Å². The molecule has 1 heterocycles. The van der Waals surface area contributed by atoms with Gasteiger partial charge < -0.3 is 5.32 Å². The summed E-state index contributed by atoms with van der Waals surface area (Å²) in [7, 11) is 0. The first-order valence-corrected chi connectivity index (χ1v) is 6.64. The maximum Gasteiger partial charge on any atom is 0.0950 e. The summed E-state index contributed by atoms with van der Waals surface area (Å²) in [6.45, 7) is 4.39. The van der Waals surface area contributed by atoms with Crippen molar-refractivity contribution in [3.63, 3.8) is 0 Å². The molecule has 1 aliphatic rings. The average molecular weight is 262 g/mol. The molecule has 1 saturated carbocycles. The number of benzene rings is 1. The van der Waals surface area contributed by atoms with Crippen LogP contribution in [0.5, 0.6) is 0 Å². The third-order valence-corrected chi connectivity index (χ3v) is 4.76. The van der Waals surface area contributed by atoms with E-state index in [9.17, 15) is 0 Å². The highest BCUT2D eigenvalue weighted by Crippen LogP contribution is 2.46. The normalized spacial score (nSPS) is 25.7. The molecule has 1 N–H and O–H groups in total. The van der Waals surface area contributed by atoms with Gasteiger partial charge in [0, 0.05) is 22.2 Å². The minimum absolute atomic E-state index is 0.117. The summed E-state index contributed by atoms with van der Waals surface area (Å²) in [5, 5.41) is 13.1. The molecule has 2 unspecified atom stereocenters. The number of halogens is 1. The van der Waals surface area contributed by atoms with Crippen molar-refractivity contribution in [3.05, 3.63) is 30.5 Å². The Bertz CT molecular complexity index is 577. The van der Waals surface area contributed by atoms with Crippen molar-refractivity contribution in [2.75, 3.05) is 5.32 Å². The lowest BCUT2D eigenvalue weighted by atomic mass is 9.66. The smallest absolute Gasteiger partial charge is 0.0950 e. The number of anilines is 1. The summed E-state index contributed by atoms with van der Waals surface area (Å²) in [5.41, 5.74) is 2.08. The molecule has 3 nitrogen and oxygen atoms in total. The maximum absolute atomic E-state index is 6.25. The number of hydrogen-bond donors (Lipinski definition) is 1. The van der Waals surface area contributed by atoms with E-state index in [1.807, 2.05) is 18.2 Å². The van der Waals surface area contributed by atoms with Gasteiger partial charge in [0.15, 0.2) is 0 Å². The zero-order chi connectivity index (χ0) is 12.8. The standard InChI is InChI=1S/C14H16ClN3/c1-14(2)12(15)7-13(14)17-11-8-16-18-10-6-4-3-5-9(10)11/h3-6,8,12-13H,7H2,1-2H3,(H,17,18). The third kappa shape index (κ3) is 1.74. The molecule has 94 valence electrons. The van der Waals surface area contributed by atoms with Crippen LogP contribution in [0.15, 0.2) is 30.5 Å². The monoisotopic (exact) mass is 261 g/mol. The van der Waals surface area contributed by atoms with E-state index in [-0.39, 0.29) is 10.8 Å². The first-order valence-electron chi connectivity index (χ1n) is 6.20. The second-order valence-corrected chi connectivity index (χ2v) is 6.02. The highest BCUT2D eigenvalue weighted by molar-refractivity contribution is 6.22. The predicted octanol–water partition coefficient (Wildman–Crippen LogP) is 3.45. The summed E-state index contributed by atoms with van der Waals surface area (Å²) in [6, 6.07) is 8.43. The van der Waals surface area contributed by atoms with E-state index >= 15 is 0 Å². The number of fused-ring (bicyclic) bond motifs is 1. The molecule has 0 aliphatic heterocycles. The molecule has 1 aromatic heterocycles. The molecule has 1 aromatic carbocycles. The molecule has 0 saturated heterocycles. The van der Waals surface area contributed by atoms with Gasteiger partial charge in [-0.05, 0) is 12.5 Å². The average Bonchev–Trinajstić information content (AvgIpc) is 2.39. The lowest BCUT2D eigenvalue weighted by Crippen LogP contribution is -2.54. The molecule has 2 atom stereocenters. The highest BCUT2D eigenvalue weighted by atomic mass is 35.5. The van der Waals surface area contributed by atoms with Crippen LogP contribution in [-0.4, -0.2) is 21.6 Å². The molecule has 2 aromatic rings. The highest BCUT2D eigenvalue weighted by Gasteiger charge is 2.47. The molecule has 18 heavy (non-hydrogen) atoms. The molecule has 0 bridgehead atoms. The molecule has 1 fully saturated rings. The van der Waals surface area contributed by atoms with Crippen molar-refractivity contribution >= 4 is 28.2 Å². The summed E-state index contributed by atoms with van der Waals surface area (Å²) in [6.07, 6.45) is 2.78. The maximum atomic E-state index is 6.25. The van der Waals surface area contributed by atoms with Crippen molar-refractivity contribution < 1.29 is 0 Å². The third-order valence-electron chi connectivity index (χ3n) is 4.02. The van der Waals surface area contributed by atoms with E-state index in [2.05, 4.69) is 35.4 Å². The number of alkyl halides is 1. The number of hydrogen-bond acceptors (Lipinski definition) is 3. The van der Waals surface area contributed by atoms with Gasteiger partial charge in [-0.2, -0.15) is 10.2 Å². The van der Waals surface area contributed by atoms with Crippen molar-refractivity contribution in [1.29, 1.82) is 0 Å². The molecule has 3 rings (SSSR count). The van der Waals surface area contributed by atoms with E-state index < -0.39 is 0 Å². The molecular formula is C14H16ClN3. The SMILES string of the molecule is CC1(C)C(Cl)CC1Nc1cnnc2ccccc12. The van der Waals surface area contributed by atoms with Crippen LogP contribution in [0.3, 0.4) is 0 Å². The van der Waals surface area contributed by atoms with Crippen LogP contribution in [0.4, 0.5) is 5.69 Å². The van der Waals surface area contributed by atoms with Crippen LogP contribution in [-0.2, 0) is 0 Å². The Balaban J connectivity index is 1.92. The Hall–Kier alpha value is -1.35. The van der Waals surface area contributed by atoms with Crippen LogP contribution in [0.1, 0.15) is 20.3 Å². The number of nitrogens with one attached hydrogen (secondary N) is 1. The topological polar surface area (TPSA) is 37.8 Å². The van der Waals surface area contributed by atoms with Gasteiger partial charge in [0.2, 0.25) is 0 Å². The largest absolute Gasteiger partial charge is 0.380 e. The summed E-state index contributed by atoms with van der Waals surface area (Å²) in [5.74, 6) is 0. The Kier molecular flexibility index (Phi) is 2.67. The minimum Gasteiger partial charge on any atom is -0.380 e. The lowest BCUT2D eigenvalue weighted by molar-refractivity contribution is 0.168. The zero-order valence-corrected chi connectivity index (χ0v) is 11.3. The zero-order valence-electron chi connectivity index (χ0n) is 10.5. The quantitative estimate of drug-likeness (QED) is 0.842. The van der Waals surface area contributed by atoms with Gasteiger partial charge in [-0.25, -0.2) is 0 Å². The van der Waals surface area contributed by atoms with Crippen LogP contribution in [0, 0.1) is 5.41 Å². The van der Waals surface area contributed by atoms with Gasteiger partial charge >= 0.3 is 0 Å². The van der Waals surface area contributed by atoms with E-state index in [1.54, 1.807) is 6.20 Å². The Morgan fingerprint density at radius 1 is 1.33 bits per heavy atom. The molecule has 0 radical (unpaired) electrons. The molecule has 4 heteroatoms. The van der Waals surface area contributed by atoms with Crippen molar-refractivity contribution in [1.82, 2.24) is 10.2 Å². The number of aromatic nitrogens is 2. The van der Waals surface area contributed by atoms with Gasteiger partial charge in [-0.15, -0.1) is 11.6 Å². The Labute approximate surface area is 112 Å². The molecular weight excluding hydrogens is 246 g/mol. The number of nitrogens with zero attached hydrogens (tertiary/aromatic N) is 2. The van der Waals surface area contributed by atoms with E-state index in [4.69, 9.17) is 11.6 Å². The fraction of sp³-hybridized carbons (Fsp3) is 0.429. The number of rotatable bonds is 2. The first-order chi connectivity index (χ1) is 8.59. The van der Waals surface area contributed by atoms with Gasteiger partial charge in [-0.3, -0.25) is 0 Å². The minimum atomic E-state index is 0.117. The van der Waals surface area contributed by atoms with Gasteiger partial charge in [-0.1, -0.05) is 32.0 Å². The van der Waals surface area contributed by atoms with Gasteiger partial charge in [0.25, 0.3) is 0 Å². The lowest BCUT2D eigenvalue weighted by Gasteiger charge is -2.49. The fourth-order valence-corrected chi connectivity index (χ4v) is 2.76. The second-order valence-electron chi connectivity index (χ2n) is 5.50. The summed E-state index contributed by atoms with van der Waals surface area (Å²) < 4.78 is 0. The van der Waals surface area contributed by atoms with Crippen LogP contribution >= 0.6 is 11.6 Å². The Morgan fingerprint density at radius 3 is 2.83 bits per heavy atom. The van der Waals surface area contributed by atoms with E-state index in [0.717, 1.165) is 23.0 Å². The summed E-state index contributed by atoms with van der Waals surface area (Å²) >= 11 is 6.25. The first kappa shape index (κ1) is 11.7. The van der Waals surface area contributed by atoms with Crippen molar-refractivity contribution in [3.8, 4) is 0 Å². The van der Waals surface area contributed by atoms with Gasteiger partial charge in [0.1, 0.15) is 0 Å². The second kappa shape index (κ2) is 4.09. The van der Waals surface area contributed by atoms with Crippen LogP contribution < -0.4 is 5.32 Å². The Morgan fingerprint density at radius 2 is 2.11 bits per heavy atom. The molecule has 0 spiro atoms. The van der Waals surface area contributed by atoms with Crippen LogP contribution in [0.2, 0.25) is 0 Å². The fourth-order valence-electron chi connectivity index (χ4n) is 2.43. The summed E-state index contributed by atoms with van der Waals surface area (Å²) in [4.78, 5) is 0. The van der Waals surface area contributed by atoms with Crippen molar-refractivity contribution in [2.24, 2.45) is 5.41 Å². The van der Waals surface area contributed by atoms with E-state index in [1.165, 1.54) is 0 Å². The predicted molar refractivity (Wildman–Crippen MR) is 75.0 cm³/mol.